The smallest absolute Gasteiger partial charge is 0.243 e. The summed E-state index contributed by atoms with van der Waals surface area (Å²) in [5.74, 6) is 0.425. The van der Waals surface area contributed by atoms with Crippen LogP contribution in [0.3, 0.4) is 0 Å². The third-order valence-corrected chi connectivity index (χ3v) is 4.67. The number of hydrogen-bond acceptors (Lipinski definition) is 5. The minimum atomic E-state index is -3.69. The SMILES string of the molecule is CCN(CC(C)(C)O)S(=O)(=O)c1ccc(OC)c(N)c1. The van der Waals surface area contributed by atoms with Crippen LogP contribution in [0.5, 0.6) is 5.75 Å². The van der Waals surface area contributed by atoms with E-state index in [4.69, 9.17) is 10.5 Å². The summed E-state index contributed by atoms with van der Waals surface area (Å²) in [7, 11) is -2.23. The van der Waals surface area contributed by atoms with Gasteiger partial charge < -0.3 is 15.6 Å². The highest BCUT2D eigenvalue weighted by atomic mass is 32.2. The second-order valence-corrected chi connectivity index (χ2v) is 7.09. The molecule has 114 valence electrons. The van der Waals surface area contributed by atoms with E-state index in [1.54, 1.807) is 20.8 Å². The number of nitrogens with zero attached hydrogens (tertiary/aromatic N) is 1. The van der Waals surface area contributed by atoms with Crippen LogP contribution in [-0.4, -0.2) is 43.6 Å². The van der Waals surface area contributed by atoms with Crippen LogP contribution in [0.15, 0.2) is 23.1 Å². The number of likely N-dealkylation sites (N-methyl/N-ethyl adjacent to an activating group) is 1. The van der Waals surface area contributed by atoms with Gasteiger partial charge in [-0.1, -0.05) is 6.92 Å². The fraction of sp³-hybridized carbons (Fsp3) is 0.538. The molecular weight excluding hydrogens is 280 g/mol. The van der Waals surface area contributed by atoms with Gasteiger partial charge in [-0.15, -0.1) is 0 Å². The van der Waals surface area contributed by atoms with Crippen molar-refractivity contribution in [2.24, 2.45) is 0 Å². The Morgan fingerprint density at radius 1 is 1.40 bits per heavy atom. The van der Waals surface area contributed by atoms with Crippen LogP contribution < -0.4 is 10.5 Å². The molecule has 0 aliphatic carbocycles. The predicted molar refractivity (Wildman–Crippen MR) is 78.1 cm³/mol. The van der Waals surface area contributed by atoms with Gasteiger partial charge in [-0.2, -0.15) is 4.31 Å². The van der Waals surface area contributed by atoms with Crippen LogP contribution in [-0.2, 0) is 10.0 Å². The maximum atomic E-state index is 12.5. The van der Waals surface area contributed by atoms with Crippen LogP contribution >= 0.6 is 0 Å². The van der Waals surface area contributed by atoms with Gasteiger partial charge in [0.2, 0.25) is 10.0 Å². The number of nitrogen functional groups attached to an aromatic ring is 1. The zero-order valence-electron chi connectivity index (χ0n) is 12.3. The van der Waals surface area contributed by atoms with Gasteiger partial charge in [0.05, 0.1) is 23.3 Å². The maximum Gasteiger partial charge on any atom is 0.243 e. The Balaban J connectivity index is 3.17. The van der Waals surface area contributed by atoms with E-state index in [0.29, 0.717) is 5.75 Å². The average molecular weight is 302 g/mol. The standard InChI is InChI=1S/C13H22N2O4S/c1-5-15(9-13(2,3)16)20(17,18)10-6-7-12(19-4)11(14)8-10/h6-8,16H,5,9,14H2,1-4H3. The van der Waals surface area contributed by atoms with Gasteiger partial charge in [0, 0.05) is 13.1 Å². The normalized spacial score (nSPS) is 12.7. The van der Waals surface area contributed by atoms with Crippen LogP contribution in [0.4, 0.5) is 5.69 Å². The van der Waals surface area contributed by atoms with Crippen molar-refractivity contribution >= 4 is 15.7 Å². The molecule has 7 heteroatoms. The van der Waals surface area contributed by atoms with E-state index in [1.165, 1.54) is 29.6 Å². The van der Waals surface area contributed by atoms with E-state index in [1.807, 2.05) is 0 Å². The third-order valence-electron chi connectivity index (χ3n) is 2.75. The van der Waals surface area contributed by atoms with Crippen molar-refractivity contribution < 1.29 is 18.3 Å². The summed E-state index contributed by atoms with van der Waals surface area (Å²) in [4.78, 5) is 0.0851. The molecule has 0 aromatic heterocycles. The lowest BCUT2D eigenvalue weighted by atomic mass is 10.1. The lowest BCUT2D eigenvalue weighted by Gasteiger charge is -2.27. The number of benzene rings is 1. The Hall–Kier alpha value is -1.31. The number of nitrogens with two attached hydrogens (primary N) is 1. The molecule has 0 amide bonds. The van der Waals surface area contributed by atoms with E-state index in [0.717, 1.165) is 0 Å². The first-order valence-corrected chi connectivity index (χ1v) is 7.72. The summed E-state index contributed by atoms with van der Waals surface area (Å²) in [6.07, 6.45) is 0. The molecule has 0 unspecified atom stereocenters. The molecule has 20 heavy (non-hydrogen) atoms. The summed E-state index contributed by atoms with van der Waals surface area (Å²) >= 11 is 0. The lowest BCUT2D eigenvalue weighted by molar-refractivity contribution is 0.0601. The quantitative estimate of drug-likeness (QED) is 0.766. The molecule has 1 rings (SSSR count). The minimum absolute atomic E-state index is 0.0117. The highest BCUT2D eigenvalue weighted by Gasteiger charge is 2.28. The highest BCUT2D eigenvalue weighted by Crippen LogP contribution is 2.26. The van der Waals surface area contributed by atoms with E-state index >= 15 is 0 Å². The summed E-state index contributed by atoms with van der Waals surface area (Å²) in [6, 6.07) is 4.32. The van der Waals surface area contributed by atoms with E-state index in [-0.39, 0.29) is 23.7 Å². The fourth-order valence-corrected chi connectivity index (χ4v) is 3.46. The molecule has 0 saturated carbocycles. The maximum absolute atomic E-state index is 12.5. The second kappa shape index (κ2) is 5.99. The van der Waals surface area contributed by atoms with E-state index in [9.17, 15) is 13.5 Å². The van der Waals surface area contributed by atoms with Gasteiger partial charge in [-0.05, 0) is 32.0 Å². The Morgan fingerprint density at radius 2 is 2.00 bits per heavy atom. The predicted octanol–water partition coefficient (Wildman–Crippen LogP) is 1.06. The zero-order valence-corrected chi connectivity index (χ0v) is 13.1. The molecule has 1 aromatic rings. The van der Waals surface area contributed by atoms with Gasteiger partial charge in [0.25, 0.3) is 0 Å². The van der Waals surface area contributed by atoms with Crippen molar-refractivity contribution in [1.29, 1.82) is 0 Å². The molecule has 3 N–H and O–H groups in total. The zero-order chi connectivity index (χ0) is 15.6. The number of hydrogen-bond donors (Lipinski definition) is 2. The highest BCUT2D eigenvalue weighted by molar-refractivity contribution is 7.89. The van der Waals surface area contributed by atoms with Crippen molar-refractivity contribution in [3.63, 3.8) is 0 Å². The molecule has 0 radical (unpaired) electrons. The molecule has 0 aliphatic rings. The number of methoxy groups -OCH3 is 1. The molecular formula is C13H22N2O4S. The first-order valence-electron chi connectivity index (χ1n) is 6.28. The molecule has 0 spiro atoms. The van der Waals surface area contributed by atoms with Crippen molar-refractivity contribution in [1.82, 2.24) is 4.31 Å². The number of sulfonamides is 1. The topological polar surface area (TPSA) is 92.9 Å². The number of ether oxygens (including phenoxy) is 1. The second-order valence-electron chi connectivity index (χ2n) is 5.15. The monoisotopic (exact) mass is 302 g/mol. The van der Waals surface area contributed by atoms with Crippen LogP contribution in [0.25, 0.3) is 0 Å². The Bertz CT molecular complexity index is 564. The van der Waals surface area contributed by atoms with Gasteiger partial charge in [-0.3, -0.25) is 0 Å². The minimum Gasteiger partial charge on any atom is -0.495 e. The summed E-state index contributed by atoms with van der Waals surface area (Å²) in [6.45, 7) is 5.12. The molecule has 0 atom stereocenters. The molecule has 6 nitrogen and oxygen atoms in total. The van der Waals surface area contributed by atoms with Gasteiger partial charge in [-0.25, -0.2) is 8.42 Å². The lowest BCUT2D eigenvalue weighted by Crippen LogP contribution is -2.42. The molecule has 0 aliphatic heterocycles. The molecule has 1 aromatic carbocycles. The average Bonchev–Trinajstić information content (AvgIpc) is 2.34. The third kappa shape index (κ3) is 3.84. The first-order chi connectivity index (χ1) is 9.11. The summed E-state index contributed by atoms with van der Waals surface area (Å²) in [5, 5.41) is 9.82. The molecule has 0 fully saturated rings. The van der Waals surface area contributed by atoms with Crippen molar-refractivity contribution in [3.05, 3.63) is 18.2 Å². The van der Waals surface area contributed by atoms with Gasteiger partial charge in [0.1, 0.15) is 5.75 Å². The van der Waals surface area contributed by atoms with E-state index in [2.05, 4.69) is 0 Å². The molecule has 0 saturated heterocycles. The van der Waals surface area contributed by atoms with Crippen LogP contribution in [0, 0.1) is 0 Å². The Morgan fingerprint density at radius 3 is 2.40 bits per heavy atom. The summed E-state index contributed by atoms with van der Waals surface area (Å²) < 4.78 is 31.2. The van der Waals surface area contributed by atoms with Gasteiger partial charge in [0.15, 0.2) is 0 Å². The summed E-state index contributed by atoms with van der Waals surface area (Å²) in [5.41, 5.74) is 4.89. The van der Waals surface area contributed by atoms with Gasteiger partial charge >= 0.3 is 0 Å². The molecule has 0 heterocycles. The number of anilines is 1. The van der Waals surface area contributed by atoms with Crippen molar-refractivity contribution in [2.45, 2.75) is 31.3 Å². The van der Waals surface area contributed by atoms with Crippen molar-refractivity contribution in [3.8, 4) is 5.75 Å². The Kier molecular flexibility index (Phi) is 5.01. The fourth-order valence-electron chi connectivity index (χ4n) is 1.82. The van der Waals surface area contributed by atoms with Crippen LogP contribution in [0.2, 0.25) is 0 Å². The first kappa shape index (κ1) is 16.7. The number of aliphatic hydroxyl groups is 1. The molecule has 0 bridgehead atoms. The van der Waals surface area contributed by atoms with Crippen molar-refractivity contribution in [2.75, 3.05) is 25.9 Å². The van der Waals surface area contributed by atoms with E-state index < -0.39 is 15.6 Å². The van der Waals surface area contributed by atoms with Crippen LogP contribution in [0.1, 0.15) is 20.8 Å². The largest absolute Gasteiger partial charge is 0.495 e. The Labute approximate surface area is 120 Å². The number of rotatable bonds is 6.